The summed E-state index contributed by atoms with van der Waals surface area (Å²) in [6.07, 6.45) is 3.87. The van der Waals surface area contributed by atoms with Crippen LogP contribution in [0.3, 0.4) is 0 Å². The van der Waals surface area contributed by atoms with Crippen molar-refractivity contribution in [3.63, 3.8) is 0 Å². The summed E-state index contributed by atoms with van der Waals surface area (Å²) in [5.74, 6) is 0. The predicted molar refractivity (Wildman–Crippen MR) is 138 cm³/mol. The van der Waals surface area contributed by atoms with E-state index >= 15 is 0 Å². The van der Waals surface area contributed by atoms with Gasteiger partial charge < -0.3 is 37.2 Å². The minimum Gasteiger partial charge on any atom is -1.00 e. The summed E-state index contributed by atoms with van der Waals surface area (Å²) in [5, 5.41) is 0. The molecule has 3 rings (SSSR count). The van der Waals surface area contributed by atoms with Gasteiger partial charge in [0.1, 0.15) is 0 Å². The first-order valence-electron chi connectivity index (χ1n) is 11.8. The predicted octanol–water partition coefficient (Wildman–Crippen LogP) is -1.38. The summed E-state index contributed by atoms with van der Waals surface area (Å²) in [5.41, 5.74) is 10.9. The molecule has 0 amide bonds. The van der Waals surface area contributed by atoms with Crippen LogP contribution in [0.4, 0.5) is 11.4 Å². The first-order valence-corrected chi connectivity index (χ1v) is 11.8. The third-order valence-electron chi connectivity index (χ3n) is 5.98. The van der Waals surface area contributed by atoms with Crippen LogP contribution in [0.1, 0.15) is 75.2 Å². The molecular formula is C29H35Cl3N3V-3. The summed E-state index contributed by atoms with van der Waals surface area (Å²) < 4.78 is 0. The van der Waals surface area contributed by atoms with Gasteiger partial charge in [-0.15, -0.1) is 0 Å². The van der Waals surface area contributed by atoms with E-state index in [1.165, 1.54) is 22.3 Å². The molecule has 0 aliphatic carbocycles. The number of pyridine rings is 1. The SMILES string of the molecule is CCc1cccc(CC)c1N=C(C)c1cccc(C(C)=Nc2c(CC)cccc2CC)n1.[Cl-].[Cl-].[Cl-].[V]. The van der Waals surface area contributed by atoms with Gasteiger partial charge in [0.2, 0.25) is 0 Å². The van der Waals surface area contributed by atoms with Crippen LogP contribution in [0.15, 0.2) is 64.6 Å². The van der Waals surface area contributed by atoms with Gasteiger partial charge >= 0.3 is 0 Å². The number of hydrogen-bond acceptors (Lipinski definition) is 3. The fourth-order valence-electron chi connectivity index (χ4n) is 4.01. The molecule has 2 aromatic carbocycles. The standard InChI is InChI=1S/C29H35N3.3ClH.V/c1-7-22-14-11-15-23(8-2)28(22)30-20(5)26-18-13-19-27(32-26)21(6)31-29-24(9-3)16-12-17-25(29)10-4;;;;/h11-19H,7-10H2,1-6H3;3*1H;/p-3. The monoisotopic (exact) mass is 581 g/mol. The van der Waals surface area contributed by atoms with Gasteiger partial charge in [0.25, 0.3) is 0 Å². The summed E-state index contributed by atoms with van der Waals surface area (Å²) in [4.78, 5) is 15.0. The van der Waals surface area contributed by atoms with E-state index in [1.54, 1.807) is 0 Å². The van der Waals surface area contributed by atoms with E-state index in [2.05, 4.69) is 70.2 Å². The maximum Gasteiger partial charge on any atom is 0.0849 e. The first-order chi connectivity index (χ1) is 15.5. The van der Waals surface area contributed by atoms with Crippen molar-refractivity contribution in [3.05, 3.63) is 88.2 Å². The number of aliphatic imine (C=N–C) groups is 2. The molecule has 3 aromatic rings. The van der Waals surface area contributed by atoms with Crippen LogP contribution in [-0.4, -0.2) is 16.4 Å². The Hall–Kier alpha value is -1.62. The second kappa shape index (κ2) is 17.8. The fraction of sp³-hybridized carbons (Fsp3) is 0.345. The summed E-state index contributed by atoms with van der Waals surface area (Å²) in [7, 11) is 0. The molecule has 0 saturated carbocycles. The van der Waals surface area contributed by atoms with Gasteiger partial charge in [0.15, 0.2) is 0 Å². The number of rotatable bonds is 8. The van der Waals surface area contributed by atoms with Crippen molar-refractivity contribution in [3.8, 4) is 0 Å². The zero-order chi connectivity index (χ0) is 23.1. The van der Waals surface area contributed by atoms with Crippen molar-refractivity contribution in [2.24, 2.45) is 9.98 Å². The van der Waals surface area contributed by atoms with Crippen LogP contribution in [0, 0.1) is 0 Å². The molecule has 0 aliphatic rings. The Morgan fingerprint density at radius 3 is 1.11 bits per heavy atom. The molecule has 0 N–H and O–H groups in total. The van der Waals surface area contributed by atoms with Gasteiger partial charge in [0, 0.05) is 18.6 Å². The Balaban J connectivity index is 0. The molecule has 7 heteroatoms. The molecule has 0 saturated heterocycles. The van der Waals surface area contributed by atoms with E-state index < -0.39 is 0 Å². The van der Waals surface area contributed by atoms with Crippen molar-refractivity contribution in [1.29, 1.82) is 0 Å². The molecule has 3 nitrogen and oxygen atoms in total. The largest absolute Gasteiger partial charge is 1.00 e. The second-order valence-electron chi connectivity index (χ2n) is 8.07. The van der Waals surface area contributed by atoms with Crippen LogP contribution in [0.25, 0.3) is 0 Å². The summed E-state index contributed by atoms with van der Waals surface area (Å²) in [6.45, 7) is 12.8. The number of hydrogen-bond donors (Lipinski definition) is 0. The van der Waals surface area contributed by atoms with Crippen LogP contribution < -0.4 is 37.2 Å². The molecule has 0 spiro atoms. The number of aromatic nitrogens is 1. The van der Waals surface area contributed by atoms with Gasteiger partial charge in [-0.25, -0.2) is 4.98 Å². The Labute approximate surface area is 247 Å². The van der Waals surface area contributed by atoms with E-state index in [9.17, 15) is 0 Å². The Morgan fingerprint density at radius 1 is 0.556 bits per heavy atom. The average molecular weight is 583 g/mol. The Bertz CT molecular complexity index is 1030. The molecule has 36 heavy (non-hydrogen) atoms. The van der Waals surface area contributed by atoms with Gasteiger partial charge in [-0.2, -0.15) is 0 Å². The third-order valence-corrected chi connectivity index (χ3v) is 5.98. The van der Waals surface area contributed by atoms with Crippen LogP contribution in [-0.2, 0) is 44.2 Å². The fourth-order valence-corrected chi connectivity index (χ4v) is 4.01. The number of aryl methyl sites for hydroxylation is 4. The number of benzene rings is 2. The van der Waals surface area contributed by atoms with E-state index in [0.29, 0.717) is 0 Å². The molecule has 0 fully saturated rings. The van der Waals surface area contributed by atoms with Crippen LogP contribution >= 0.6 is 0 Å². The number of halogens is 3. The van der Waals surface area contributed by atoms with E-state index in [0.717, 1.165) is 59.9 Å². The van der Waals surface area contributed by atoms with Crippen molar-refractivity contribution in [1.82, 2.24) is 4.98 Å². The van der Waals surface area contributed by atoms with E-state index in [-0.39, 0.29) is 55.8 Å². The topological polar surface area (TPSA) is 37.6 Å². The average Bonchev–Trinajstić information content (AvgIpc) is 2.84. The second-order valence-corrected chi connectivity index (χ2v) is 8.07. The van der Waals surface area contributed by atoms with Crippen molar-refractivity contribution in [2.75, 3.05) is 0 Å². The molecule has 0 aliphatic heterocycles. The minimum atomic E-state index is 0. The zero-order valence-corrected chi connectivity index (χ0v) is 25.6. The third kappa shape index (κ3) is 8.75. The zero-order valence-electron chi connectivity index (χ0n) is 21.9. The van der Waals surface area contributed by atoms with Crippen molar-refractivity contribution >= 4 is 22.8 Å². The summed E-state index contributed by atoms with van der Waals surface area (Å²) in [6, 6.07) is 19.1. The molecule has 1 radical (unpaired) electrons. The number of para-hydroxylation sites is 2. The molecule has 0 unspecified atom stereocenters. The quantitative estimate of drug-likeness (QED) is 0.302. The molecular weight excluding hydrogens is 548 g/mol. The first kappa shape index (κ1) is 36.5. The molecule has 1 aromatic heterocycles. The number of nitrogens with zero attached hydrogens (tertiary/aromatic N) is 3. The van der Waals surface area contributed by atoms with Crippen molar-refractivity contribution < 1.29 is 55.8 Å². The molecule has 0 bridgehead atoms. The smallest absolute Gasteiger partial charge is 0.0849 e. The van der Waals surface area contributed by atoms with Gasteiger partial charge in [-0.1, -0.05) is 70.2 Å². The Kier molecular flexibility index (Phi) is 18.0. The van der Waals surface area contributed by atoms with Gasteiger partial charge in [0.05, 0.1) is 34.2 Å². The van der Waals surface area contributed by atoms with Crippen LogP contribution in [0.5, 0.6) is 0 Å². The minimum absolute atomic E-state index is 0. The maximum atomic E-state index is 5.02. The maximum absolute atomic E-state index is 5.02. The molecule has 195 valence electrons. The Morgan fingerprint density at radius 2 is 0.833 bits per heavy atom. The van der Waals surface area contributed by atoms with E-state index in [1.807, 2.05) is 26.0 Å². The van der Waals surface area contributed by atoms with Gasteiger partial charge in [-0.3, -0.25) is 9.98 Å². The molecule has 1 heterocycles. The van der Waals surface area contributed by atoms with Crippen LogP contribution in [0.2, 0.25) is 0 Å². The normalized spacial score (nSPS) is 10.9. The molecule has 0 atom stereocenters. The van der Waals surface area contributed by atoms with Gasteiger partial charge in [-0.05, 0) is 73.9 Å². The summed E-state index contributed by atoms with van der Waals surface area (Å²) >= 11 is 0. The van der Waals surface area contributed by atoms with Crippen molar-refractivity contribution in [2.45, 2.75) is 67.2 Å². The van der Waals surface area contributed by atoms with E-state index in [4.69, 9.17) is 15.0 Å².